The van der Waals surface area contributed by atoms with Crippen LogP contribution in [0.2, 0.25) is 0 Å². The molecule has 8 heteroatoms. The molecular weight excluding hydrogens is 406 g/mol. The van der Waals surface area contributed by atoms with Crippen LogP contribution in [0.5, 0.6) is 5.75 Å². The van der Waals surface area contributed by atoms with Crippen LogP contribution in [0.1, 0.15) is 22.3 Å². The largest absolute Gasteiger partial charge is 0.489 e. The van der Waals surface area contributed by atoms with Crippen LogP contribution in [0.4, 0.5) is 0 Å². The molecule has 0 amide bonds. The number of hydrogen-bond acceptors (Lipinski definition) is 6. The Balaban J connectivity index is 1.58. The Kier molecular flexibility index (Phi) is 6.12. The van der Waals surface area contributed by atoms with Gasteiger partial charge in [0.1, 0.15) is 25.2 Å². The molecule has 0 N–H and O–H groups in total. The molecule has 0 saturated heterocycles. The molecule has 0 spiro atoms. The zero-order valence-electron chi connectivity index (χ0n) is 18.1. The number of tetrazole rings is 1. The third-order valence-electron chi connectivity index (χ3n) is 5.00. The summed E-state index contributed by atoms with van der Waals surface area (Å²) in [6, 6.07) is 23.2. The maximum atomic E-state index is 12.3. The van der Waals surface area contributed by atoms with Gasteiger partial charge in [-0.15, -0.1) is 0 Å². The summed E-state index contributed by atoms with van der Waals surface area (Å²) in [4.78, 5) is 17.3. The first-order chi connectivity index (χ1) is 15.6. The molecule has 0 bridgehead atoms. The average Bonchev–Trinajstić information content (AvgIpc) is 3.15. The fourth-order valence-electron chi connectivity index (χ4n) is 3.38. The second-order valence-corrected chi connectivity index (χ2v) is 7.18. The van der Waals surface area contributed by atoms with E-state index in [-0.39, 0.29) is 12.3 Å². The first kappa shape index (κ1) is 21.0. The van der Waals surface area contributed by atoms with Gasteiger partial charge in [-0.1, -0.05) is 53.7 Å². The van der Waals surface area contributed by atoms with E-state index in [1.807, 2.05) is 79.7 Å². The second kappa shape index (κ2) is 9.30. The first-order valence-corrected chi connectivity index (χ1v) is 10.1. The van der Waals surface area contributed by atoms with Gasteiger partial charge >= 0.3 is 5.69 Å². The average molecular weight is 429 g/mol. The molecule has 0 saturated carbocycles. The highest BCUT2D eigenvalue weighted by molar-refractivity contribution is 6.12. The Morgan fingerprint density at radius 1 is 0.969 bits per heavy atom. The zero-order valence-corrected chi connectivity index (χ0v) is 18.1. The molecule has 0 aliphatic carbocycles. The van der Waals surface area contributed by atoms with Gasteiger partial charge in [-0.05, 0) is 47.2 Å². The summed E-state index contributed by atoms with van der Waals surface area (Å²) in [6.07, 6.45) is 0. The number of benzene rings is 3. The van der Waals surface area contributed by atoms with Crippen molar-refractivity contribution >= 4 is 5.71 Å². The molecule has 3 aromatic carbocycles. The van der Waals surface area contributed by atoms with Gasteiger partial charge in [-0.3, -0.25) is 0 Å². The summed E-state index contributed by atoms with van der Waals surface area (Å²) in [6.45, 7) is 2.25. The van der Waals surface area contributed by atoms with Crippen LogP contribution in [-0.2, 0) is 18.5 Å². The van der Waals surface area contributed by atoms with Crippen LogP contribution >= 0.6 is 0 Å². The molecule has 1 heterocycles. The molecule has 0 unspecified atom stereocenters. The Morgan fingerprint density at radius 2 is 1.72 bits per heavy atom. The Bertz CT molecular complexity index is 1310. The topological polar surface area (TPSA) is 83.5 Å². The lowest BCUT2D eigenvalue weighted by atomic mass is 10.0. The van der Waals surface area contributed by atoms with E-state index in [1.54, 1.807) is 7.05 Å². The molecule has 0 aliphatic heterocycles. The minimum Gasteiger partial charge on any atom is -0.489 e. The predicted molar refractivity (Wildman–Crippen MR) is 121 cm³/mol. The maximum absolute atomic E-state index is 12.3. The van der Waals surface area contributed by atoms with Gasteiger partial charge in [-0.25, -0.2) is 4.79 Å². The van der Waals surface area contributed by atoms with Crippen molar-refractivity contribution in [2.45, 2.75) is 13.5 Å². The highest BCUT2D eigenvalue weighted by Gasteiger charge is 2.13. The lowest BCUT2D eigenvalue weighted by Gasteiger charge is -2.13. The SMILES string of the molecule is CO/N=C(/c1ccccc1)c1ccc(OCc2ccccc2-n2nnn(C)c2=O)c(C)c1. The van der Waals surface area contributed by atoms with Crippen LogP contribution in [0.25, 0.3) is 5.69 Å². The summed E-state index contributed by atoms with van der Waals surface area (Å²) < 4.78 is 8.54. The summed E-state index contributed by atoms with van der Waals surface area (Å²) >= 11 is 0. The number of aryl methyl sites for hydroxylation is 2. The van der Waals surface area contributed by atoms with Gasteiger partial charge in [0.15, 0.2) is 0 Å². The van der Waals surface area contributed by atoms with Crippen LogP contribution in [-0.4, -0.2) is 32.6 Å². The Morgan fingerprint density at radius 3 is 2.41 bits per heavy atom. The molecule has 0 radical (unpaired) electrons. The van der Waals surface area contributed by atoms with E-state index in [0.29, 0.717) is 5.69 Å². The van der Waals surface area contributed by atoms with Crippen LogP contribution in [0, 0.1) is 6.92 Å². The van der Waals surface area contributed by atoms with Crippen molar-refractivity contribution in [1.29, 1.82) is 0 Å². The first-order valence-electron chi connectivity index (χ1n) is 10.1. The van der Waals surface area contributed by atoms with E-state index < -0.39 is 0 Å². The fraction of sp³-hybridized carbons (Fsp3) is 0.167. The molecule has 4 aromatic rings. The van der Waals surface area contributed by atoms with Crippen LogP contribution < -0.4 is 10.4 Å². The molecule has 8 nitrogen and oxygen atoms in total. The van der Waals surface area contributed by atoms with E-state index in [1.165, 1.54) is 16.5 Å². The smallest absolute Gasteiger partial charge is 0.368 e. The van der Waals surface area contributed by atoms with Gasteiger partial charge in [0.05, 0.1) is 5.69 Å². The normalized spacial score (nSPS) is 11.4. The summed E-state index contributed by atoms with van der Waals surface area (Å²) in [7, 11) is 3.10. The van der Waals surface area contributed by atoms with Gasteiger partial charge in [-0.2, -0.15) is 9.36 Å². The van der Waals surface area contributed by atoms with E-state index >= 15 is 0 Å². The number of oxime groups is 1. The van der Waals surface area contributed by atoms with Crippen LogP contribution in [0.15, 0.2) is 82.7 Å². The van der Waals surface area contributed by atoms with Crippen molar-refractivity contribution < 1.29 is 9.57 Å². The van der Waals surface area contributed by atoms with Gasteiger partial charge in [0.25, 0.3) is 0 Å². The number of para-hydroxylation sites is 1. The zero-order chi connectivity index (χ0) is 22.5. The quantitative estimate of drug-likeness (QED) is 0.333. The van der Waals surface area contributed by atoms with Crippen molar-refractivity contribution in [3.63, 3.8) is 0 Å². The molecule has 0 aliphatic rings. The molecule has 32 heavy (non-hydrogen) atoms. The third kappa shape index (κ3) is 4.29. The third-order valence-corrected chi connectivity index (χ3v) is 5.00. The number of aromatic nitrogens is 4. The molecule has 4 rings (SSSR count). The van der Waals surface area contributed by atoms with E-state index in [9.17, 15) is 4.79 Å². The molecular formula is C24H23N5O3. The molecule has 162 valence electrons. The second-order valence-electron chi connectivity index (χ2n) is 7.18. The Hall–Kier alpha value is -4.20. The number of rotatable bonds is 7. The fourth-order valence-corrected chi connectivity index (χ4v) is 3.38. The van der Waals surface area contributed by atoms with Gasteiger partial charge in [0, 0.05) is 23.7 Å². The molecule has 1 aromatic heterocycles. The van der Waals surface area contributed by atoms with Gasteiger partial charge in [0.2, 0.25) is 0 Å². The highest BCUT2D eigenvalue weighted by Crippen LogP contribution is 2.23. The summed E-state index contributed by atoms with van der Waals surface area (Å²) in [5.41, 5.74) is 4.73. The Labute approximate surface area is 185 Å². The molecule has 0 fully saturated rings. The maximum Gasteiger partial charge on any atom is 0.368 e. The van der Waals surface area contributed by atoms with E-state index in [2.05, 4.69) is 15.6 Å². The van der Waals surface area contributed by atoms with Crippen molar-refractivity contribution in [2.75, 3.05) is 7.11 Å². The summed E-state index contributed by atoms with van der Waals surface area (Å²) in [5, 5.41) is 11.9. The predicted octanol–water partition coefficient (Wildman–Crippen LogP) is 3.25. The standard InChI is InChI=1S/C24H23N5O3/c1-17-15-19(23(25-31-3)18-9-5-4-6-10-18)13-14-22(17)32-16-20-11-7-8-12-21(20)29-24(30)28(2)26-27-29/h4-15H,16H2,1-3H3/b25-23-. The van der Waals surface area contributed by atoms with Crippen molar-refractivity contribution in [2.24, 2.45) is 12.2 Å². The highest BCUT2D eigenvalue weighted by atomic mass is 16.6. The van der Waals surface area contributed by atoms with Crippen molar-refractivity contribution in [3.05, 3.63) is 106 Å². The van der Waals surface area contributed by atoms with E-state index in [4.69, 9.17) is 9.57 Å². The monoisotopic (exact) mass is 429 g/mol. The summed E-state index contributed by atoms with van der Waals surface area (Å²) in [5.74, 6) is 0.736. The number of hydrogen-bond donors (Lipinski definition) is 0. The van der Waals surface area contributed by atoms with Crippen molar-refractivity contribution in [1.82, 2.24) is 19.8 Å². The minimum absolute atomic E-state index is 0.275. The number of nitrogens with zero attached hydrogens (tertiary/aromatic N) is 5. The minimum atomic E-state index is -0.316. The van der Waals surface area contributed by atoms with Crippen LogP contribution in [0.3, 0.4) is 0 Å². The molecule has 0 atom stereocenters. The van der Waals surface area contributed by atoms with E-state index in [0.717, 1.165) is 33.7 Å². The van der Waals surface area contributed by atoms with Crippen molar-refractivity contribution in [3.8, 4) is 11.4 Å². The van der Waals surface area contributed by atoms with Gasteiger partial charge < -0.3 is 9.57 Å². The lowest BCUT2D eigenvalue weighted by Crippen LogP contribution is -2.23. The number of ether oxygens (including phenoxy) is 1. The lowest BCUT2D eigenvalue weighted by molar-refractivity contribution is 0.214.